The summed E-state index contributed by atoms with van der Waals surface area (Å²) >= 11 is 3.24. The normalized spacial score (nSPS) is 14.0. The first kappa shape index (κ1) is 16.2. The molecule has 1 nitrogen and oxygen atoms in total. The van der Waals surface area contributed by atoms with Gasteiger partial charge in [-0.25, -0.2) is 4.39 Å². The molecule has 0 fully saturated rings. The largest absolute Gasteiger partial charge is 0.307 e. The zero-order valence-electron chi connectivity index (χ0n) is 12.7. The predicted molar refractivity (Wildman–Crippen MR) is 90.0 cm³/mol. The summed E-state index contributed by atoms with van der Waals surface area (Å²) in [5, 5.41) is 3.58. The fourth-order valence-electron chi connectivity index (χ4n) is 2.53. The first-order valence-electron chi connectivity index (χ1n) is 7.23. The number of nitrogens with one attached hydrogen (secondary N) is 1. The number of benzene rings is 2. The SMILES string of the molecule is Cc1ccccc1CC(C)NC(C)c1ccc(F)c(Br)c1. The summed E-state index contributed by atoms with van der Waals surface area (Å²) in [5.41, 5.74) is 3.77. The van der Waals surface area contributed by atoms with Crippen molar-refractivity contribution in [3.05, 3.63) is 69.4 Å². The maximum Gasteiger partial charge on any atom is 0.137 e. The minimum atomic E-state index is -0.223. The van der Waals surface area contributed by atoms with E-state index in [2.05, 4.69) is 66.3 Å². The van der Waals surface area contributed by atoms with Crippen LogP contribution in [-0.4, -0.2) is 6.04 Å². The molecule has 2 aromatic rings. The van der Waals surface area contributed by atoms with Gasteiger partial charge in [0.1, 0.15) is 5.82 Å². The molecule has 2 rings (SSSR count). The van der Waals surface area contributed by atoms with Crippen molar-refractivity contribution in [2.24, 2.45) is 0 Å². The molecular formula is C18H21BrFN. The van der Waals surface area contributed by atoms with Gasteiger partial charge in [-0.15, -0.1) is 0 Å². The summed E-state index contributed by atoms with van der Waals surface area (Å²) in [6.45, 7) is 6.43. The molecule has 0 bridgehead atoms. The summed E-state index contributed by atoms with van der Waals surface area (Å²) in [6.07, 6.45) is 0.985. The molecule has 0 aliphatic carbocycles. The van der Waals surface area contributed by atoms with E-state index in [4.69, 9.17) is 0 Å². The molecule has 0 saturated carbocycles. The van der Waals surface area contributed by atoms with Crippen LogP contribution in [0.5, 0.6) is 0 Å². The number of hydrogen-bond acceptors (Lipinski definition) is 1. The average molecular weight is 350 g/mol. The quantitative estimate of drug-likeness (QED) is 0.784. The van der Waals surface area contributed by atoms with Gasteiger partial charge in [-0.2, -0.15) is 0 Å². The third-order valence-electron chi connectivity index (χ3n) is 3.77. The topological polar surface area (TPSA) is 12.0 Å². The van der Waals surface area contributed by atoms with Gasteiger partial charge in [0.05, 0.1) is 4.47 Å². The highest BCUT2D eigenvalue weighted by atomic mass is 79.9. The zero-order chi connectivity index (χ0) is 15.4. The van der Waals surface area contributed by atoms with Crippen LogP contribution in [0.25, 0.3) is 0 Å². The van der Waals surface area contributed by atoms with E-state index < -0.39 is 0 Å². The van der Waals surface area contributed by atoms with Crippen molar-refractivity contribution in [3.8, 4) is 0 Å². The van der Waals surface area contributed by atoms with E-state index in [9.17, 15) is 4.39 Å². The summed E-state index contributed by atoms with van der Waals surface area (Å²) in [7, 11) is 0. The highest BCUT2D eigenvalue weighted by Crippen LogP contribution is 2.22. The molecule has 1 N–H and O–H groups in total. The van der Waals surface area contributed by atoms with Crippen LogP contribution < -0.4 is 5.32 Å². The van der Waals surface area contributed by atoms with E-state index in [0.29, 0.717) is 10.5 Å². The first-order chi connectivity index (χ1) is 9.97. The van der Waals surface area contributed by atoms with Crippen LogP contribution in [0.2, 0.25) is 0 Å². The fraction of sp³-hybridized carbons (Fsp3) is 0.333. The highest BCUT2D eigenvalue weighted by molar-refractivity contribution is 9.10. The van der Waals surface area contributed by atoms with Gasteiger partial charge in [0.25, 0.3) is 0 Å². The maximum atomic E-state index is 13.3. The lowest BCUT2D eigenvalue weighted by atomic mass is 10.0. The second-order valence-electron chi connectivity index (χ2n) is 5.59. The molecular weight excluding hydrogens is 329 g/mol. The van der Waals surface area contributed by atoms with Crippen molar-refractivity contribution in [2.75, 3.05) is 0 Å². The maximum absolute atomic E-state index is 13.3. The van der Waals surface area contributed by atoms with Crippen LogP contribution in [0.15, 0.2) is 46.9 Å². The zero-order valence-corrected chi connectivity index (χ0v) is 14.2. The first-order valence-corrected chi connectivity index (χ1v) is 8.02. The minimum Gasteiger partial charge on any atom is -0.307 e. The Bertz CT molecular complexity index is 612. The Morgan fingerprint density at radius 2 is 1.86 bits per heavy atom. The Morgan fingerprint density at radius 1 is 1.14 bits per heavy atom. The van der Waals surface area contributed by atoms with Gasteiger partial charge in [0, 0.05) is 12.1 Å². The van der Waals surface area contributed by atoms with Gasteiger partial charge in [-0.3, -0.25) is 0 Å². The molecule has 0 aliphatic heterocycles. The van der Waals surface area contributed by atoms with E-state index in [0.717, 1.165) is 12.0 Å². The molecule has 0 radical (unpaired) electrons. The highest BCUT2D eigenvalue weighted by Gasteiger charge is 2.12. The molecule has 0 amide bonds. The van der Waals surface area contributed by atoms with Crippen LogP contribution in [-0.2, 0) is 6.42 Å². The van der Waals surface area contributed by atoms with Gasteiger partial charge in [0.15, 0.2) is 0 Å². The smallest absolute Gasteiger partial charge is 0.137 e. The Hall–Kier alpha value is -1.19. The molecule has 0 aliphatic rings. The van der Waals surface area contributed by atoms with E-state index in [-0.39, 0.29) is 11.9 Å². The molecule has 2 aromatic carbocycles. The lowest BCUT2D eigenvalue weighted by molar-refractivity contribution is 0.476. The number of halogens is 2. The van der Waals surface area contributed by atoms with Gasteiger partial charge in [-0.05, 0) is 71.9 Å². The Balaban J connectivity index is 2.00. The second-order valence-corrected chi connectivity index (χ2v) is 6.45. The second kappa shape index (κ2) is 7.19. The van der Waals surface area contributed by atoms with Crippen LogP contribution in [0, 0.1) is 12.7 Å². The number of hydrogen-bond donors (Lipinski definition) is 1. The molecule has 21 heavy (non-hydrogen) atoms. The molecule has 0 aromatic heterocycles. The van der Waals surface area contributed by atoms with Crippen LogP contribution in [0.4, 0.5) is 4.39 Å². The molecule has 0 spiro atoms. The molecule has 0 heterocycles. The van der Waals surface area contributed by atoms with E-state index >= 15 is 0 Å². The lowest BCUT2D eigenvalue weighted by Gasteiger charge is -2.21. The third-order valence-corrected chi connectivity index (χ3v) is 4.37. The molecule has 2 unspecified atom stereocenters. The van der Waals surface area contributed by atoms with Gasteiger partial charge in [-0.1, -0.05) is 30.3 Å². The van der Waals surface area contributed by atoms with Crippen molar-refractivity contribution < 1.29 is 4.39 Å². The Labute approximate surface area is 134 Å². The summed E-state index contributed by atoms with van der Waals surface area (Å²) in [6, 6.07) is 14.2. The van der Waals surface area contributed by atoms with Gasteiger partial charge >= 0.3 is 0 Å². The number of rotatable bonds is 5. The summed E-state index contributed by atoms with van der Waals surface area (Å²) in [5.74, 6) is -0.223. The Morgan fingerprint density at radius 3 is 2.52 bits per heavy atom. The van der Waals surface area contributed by atoms with Crippen molar-refractivity contribution >= 4 is 15.9 Å². The fourth-order valence-corrected chi connectivity index (χ4v) is 2.93. The Kier molecular flexibility index (Phi) is 5.54. The molecule has 112 valence electrons. The molecule has 3 heteroatoms. The molecule has 2 atom stereocenters. The van der Waals surface area contributed by atoms with Crippen LogP contribution in [0.1, 0.15) is 36.6 Å². The van der Waals surface area contributed by atoms with E-state index in [1.807, 2.05) is 12.1 Å². The van der Waals surface area contributed by atoms with Crippen molar-refractivity contribution in [1.82, 2.24) is 5.32 Å². The monoisotopic (exact) mass is 349 g/mol. The van der Waals surface area contributed by atoms with E-state index in [1.165, 1.54) is 17.2 Å². The summed E-state index contributed by atoms with van der Waals surface area (Å²) in [4.78, 5) is 0. The molecule has 0 saturated heterocycles. The van der Waals surface area contributed by atoms with Gasteiger partial charge < -0.3 is 5.32 Å². The van der Waals surface area contributed by atoms with Gasteiger partial charge in [0.2, 0.25) is 0 Å². The van der Waals surface area contributed by atoms with Crippen molar-refractivity contribution in [3.63, 3.8) is 0 Å². The third kappa shape index (κ3) is 4.39. The predicted octanol–water partition coefficient (Wildman–Crippen LogP) is 5.18. The van der Waals surface area contributed by atoms with E-state index in [1.54, 1.807) is 0 Å². The number of aryl methyl sites for hydroxylation is 1. The lowest BCUT2D eigenvalue weighted by Crippen LogP contribution is -2.31. The standard InChI is InChI=1S/C18H21BrFN/c1-12-6-4-5-7-15(12)10-13(2)21-14(3)16-8-9-18(20)17(19)11-16/h4-9,11,13-14,21H,10H2,1-3H3. The average Bonchev–Trinajstić information content (AvgIpc) is 2.44. The van der Waals surface area contributed by atoms with Crippen molar-refractivity contribution in [2.45, 2.75) is 39.3 Å². The van der Waals surface area contributed by atoms with Crippen LogP contribution in [0.3, 0.4) is 0 Å². The van der Waals surface area contributed by atoms with Crippen LogP contribution >= 0.6 is 15.9 Å². The summed E-state index contributed by atoms with van der Waals surface area (Å²) < 4.78 is 13.8. The minimum absolute atomic E-state index is 0.181. The van der Waals surface area contributed by atoms with Crippen molar-refractivity contribution in [1.29, 1.82) is 0 Å².